The molecule has 0 fully saturated rings. The molecule has 2 heteroatoms. The van der Waals surface area contributed by atoms with Gasteiger partial charge >= 0.3 is 0 Å². The van der Waals surface area contributed by atoms with Crippen LogP contribution in [0.3, 0.4) is 0 Å². The van der Waals surface area contributed by atoms with Gasteiger partial charge < -0.3 is 5.32 Å². The monoisotopic (exact) mass is 113 g/mol. The van der Waals surface area contributed by atoms with Gasteiger partial charge in [-0.05, 0) is 6.08 Å². The van der Waals surface area contributed by atoms with Gasteiger partial charge in [-0.2, -0.15) is 0 Å². The van der Waals surface area contributed by atoms with E-state index in [1.165, 1.54) is 6.08 Å². The summed E-state index contributed by atoms with van der Waals surface area (Å²) in [6.45, 7) is 1.14. The first-order valence-corrected chi connectivity index (χ1v) is 2.61. The Labute approximate surface area is 47.9 Å². The highest BCUT2D eigenvalue weighted by molar-refractivity contribution is 5.11. The molecule has 1 N–H and O–H groups in total. The van der Waals surface area contributed by atoms with Gasteiger partial charge in [0.1, 0.15) is 5.83 Å². The van der Waals surface area contributed by atoms with Gasteiger partial charge in [0.15, 0.2) is 0 Å². The molecule has 1 nitrogen and oxygen atoms in total. The Bertz CT molecular complexity index is 126. The van der Waals surface area contributed by atoms with Crippen molar-refractivity contribution >= 4 is 0 Å². The average Bonchev–Trinajstić information content (AvgIpc) is 1.94. The zero-order valence-electron chi connectivity index (χ0n) is 4.52. The molecule has 0 amide bonds. The topological polar surface area (TPSA) is 12.0 Å². The van der Waals surface area contributed by atoms with E-state index in [2.05, 4.69) is 5.32 Å². The molecule has 1 rings (SSSR count). The van der Waals surface area contributed by atoms with Crippen LogP contribution in [0.5, 0.6) is 0 Å². The van der Waals surface area contributed by atoms with Crippen molar-refractivity contribution in [2.45, 2.75) is 0 Å². The van der Waals surface area contributed by atoms with Gasteiger partial charge in [-0.25, -0.2) is 4.39 Å². The van der Waals surface area contributed by atoms with Crippen molar-refractivity contribution in [1.82, 2.24) is 5.32 Å². The summed E-state index contributed by atoms with van der Waals surface area (Å²) in [5.41, 5.74) is 0. The van der Waals surface area contributed by atoms with E-state index in [-0.39, 0.29) is 5.83 Å². The fourth-order valence-electron chi connectivity index (χ4n) is 0.574. The fourth-order valence-corrected chi connectivity index (χ4v) is 0.574. The van der Waals surface area contributed by atoms with Gasteiger partial charge in [0.25, 0.3) is 0 Å². The molecule has 1 heterocycles. The lowest BCUT2D eigenvalue weighted by Gasteiger charge is -1.92. The molecule has 0 radical (unpaired) electrons. The zero-order chi connectivity index (χ0) is 5.82. The maximum absolute atomic E-state index is 12.2. The molecular weight excluding hydrogens is 105 g/mol. The second kappa shape index (κ2) is 2.62. The molecule has 0 spiro atoms. The second-order valence-corrected chi connectivity index (χ2v) is 1.67. The molecule has 1 aliphatic rings. The molecule has 44 valence electrons. The van der Waals surface area contributed by atoms with E-state index in [1.54, 1.807) is 6.08 Å². The molecule has 0 unspecified atom stereocenters. The van der Waals surface area contributed by atoms with Crippen molar-refractivity contribution < 1.29 is 4.39 Å². The molecule has 0 aromatic rings. The molecule has 0 atom stereocenters. The van der Waals surface area contributed by atoms with Gasteiger partial charge in [0.2, 0.25) is 0 Å². The van der Waals surface area contributed by atoms with Crippen LogP contribution in [0.25, 0.3) is 0 Å². The third-order valence-corrected chi connectivity index (χ3v) is 0.969. The first kappa shape index (κ1) is 5.51. The number of rotatable bonds is 0. The number of nitrogens with one attached hydrogen (secondary N) is 1. The van der Waals surface area contributed by atoms with Crippen molar-refractivity contribution in [3.05, 3.63) is 24.1 Å². The molecule has 0 aromatic carbocycles. The Hall–Kier alpha value is -0.630. The third-order valence-electron chi connectivity index (χ3n) is 0.969. The van der Waals surface area contributed by atoms with E-state index >= 15 is 0 Å². The summed E-state index contributed by atoms with van der Waals surface area (Å²) in [7, 11) is 0. The zero-order valence-corrected chi connectivity index (χ0v) is 4.52. The lowest BCUT2D eigenvalue weighted by atomic mass is 10.4. The van der Waals surface area contributed by atoms with E-state index in [4.69, 9.17) is 0 Å². The van der Waals surface area contributed by atoms with Crippen molar-refractivity contribution in [2.75, 3.05) is 13.1 Å². The van der Waals surface area contributed by atoms with E-state index in [0.29, 0.717) is 6.54 Å². The Balaban J connectivity index is 2.52. The van der Waals surface area contributed by atoms with Crippen LogP contribution in [-0.2, 0) is 0 Å². The van der Waals surface area contributed by atoms with E-state index in [1.807, 2.05) is 6.08 Å². The van der Waals surface area contributed by atoms with E-state index in [0.717, 1.165) is 6.54 Å². The Morgan fingerprint density at radius 1 is 1.62 bits per heavy atom. The summed E-state index contributed by atoms with van der Waals surface area (Å²) in [5, 5.41) is 2.87. The molecule has 8 heavy (non-hydrogen) atoms. The molecule has 0 aliphatic carbocycles. The van der Waals surface area contributed by atoms with Gasteiger partial charge in [-0.1, -0.05) is 12.2 Å². The fraction of sp³-hybridized carbons (Fsp3) is 0.333. The number of halogens is 1. The van der Waals surface area contributed by atoms with Gasteiger partial charge in [0, 0.05) is 13.1 Å². The van der Waals surface area contributed by atoms with E-state index < -0.39 is 0 Å². The lowest BCUT2D eigenvalue weighted by Crippen LogP contribution is -2.13. The quantitative estimate of drug-likeness (QED) is 0.494. The van der Waals surface area contributed by atoms with Gasteiger partial charge in [0.05, 0.1) is 0 Å². The summed E-state index contributed by atoms with van der Waals surface area (Å²) in [4.78, 5) is 0. The highest BCUT2D eigenvalue weighted by Gasteiger charge is 1.92. The minimum atomic E-state index is -0.0984. The van der Waals surface area contributed by atoms with Crippen LogP contribution in [0, 0.1) is 0 Å². The standard InChI is InChI=1S/C6H8FN/c7-6-3-1-2-4-8-5-6/h1-3,8H,4-5H2. The molecule has 0 saturated heterocycles. The summed E-state index contributed by atoms with van der Waals surface area (Å²) in [6.07, 6.45) is 5.07. The number of allylic oxidation sites excluding steroid dienone is 2. The van der Waals surface area contributed by atoms with Crippen LogP contribution in [0.2, 0.25) is 0 Å². The van der Waals surface area contributed by atoms with E-state index in [9.17, 15) is 4.39 Å². The SMILES string of the molecule is FC1=CC=CCNC1. The van der Waals surface area contributed by atoms with Crippen molar-refractivity contribution in [2.24, 2.45) is 0 Å². The Kier molecular flexibility index (Phi) is 1.80. The molecule has 0 aromatic heterocycles. The minimum absolute atomic E-state index is 0.0984. The van der Waals surface area contributed by atoms with Crippen molar-refractivity contribution in [3.8, 4) is 0 Å². The molecule has 1 aliphatic heterocycles. The van der Waals surface area contributed by atoms with Crippen LogP contribution in [0.15, 0.2) is 24.1 Å². The van der Waals surface area contributed by atoms with Gasteiger partial charge in [-0.3, -0.25) is 0 Å². The highest BCUT2D eigenvalue weighted by Crippen LogP contribution is 1.96. The number of hydrogen-bond acceptors (Lipinski definition) is 1. The smallest absolute Gasteiger partial charge is 0.114 e. The van der Waals surface area contributed by atoms with Crippen LogP contribution >= 0.6 is 0 Å². The summed E-state index contributed by atoms with van der Waals surface area (Å²) in [6, 6.07) is 0. The number of hydrogen-bond donors (Lipinski definition) is 1. The lowest BCUT2D eigenvalue weighted by molar-refractivity contribution is 0.587. The van der Waals surface area contributed by atoms with Crippen LogP contribution in [0.1, 0.15) is 0 Å². The second-order valence-electron chi connectivity index (χ2n) is 1.67. The summed E-state index contributed by atoms with van der Waals surface area (Å²) in [5.74, 6) is -0.0984. The Morgan fingerprint density at radius 3 is 3.38 bits per heavy atom. The predicted molar refractivity (Wildman–Crippen MR) is 31.2 cm³/mol. The maximum atomic E-state index is 12.2. The first-order chi connectivity index (χ1) is 3.89. The van der Waals surface area contributed by atoms with Crippen molar-refractivity contribution in [1.29, 1.82) is 0 Å². The van der Waals surface area contributed by atoms with Crippen LogP contribution in [-0.4, -0.2) is 13.1 Å². The molecular formula is C6H8FN. The summed E-state index contributed by atoms with van der Waals surface area (Å²) >= 11 is 0. The Morgan fingerprint density at radius 2 is 2.50 bits per heavy atom. The molecule has 0 bridgehead atoms. The predicted octanol–water partition coefficient (Wildman–Crippen LogP) is 0.999. The summed E-state index contributed by atoms with van der Waals surface area (Å²) < 4.78 is 12.2. The highest BCUT2D eigenvalue weighted by atomic mass is 19.1. The normalized spacial score (nSPS) is 19.9. The van der Waals surface area contributed by atoms with Crippen molar-refractivity contribution in [3.63, 3.8) is 0 Å². The third kappa shape index (κ3) is 1.46. The first-order valence-electron chi connectivity index (χ1n) is 2.61. The van der Waals surface area contributed by atoms with Crippen LogP contribution in [0.4, 0.5) is 4.39 Å². The maximum Gasteiger partial charge on any atom is 0.114 e. The largest absolute Gasteiger partial charge is 0.307 e. The molecule has 0 saturated carbocycles. The van der Waals surface area contributed by atoms with Gasteiger partial charge in [-0.15, -0.1) is 0 Å². The average molecular weight is 113 g/mol. The van der Waals surface area contributed by atoms with Crippen LogP contribution < -0.4 is 5.32 Å². The minimum Gasteiger partial charge on any atom is -0.307 e.